The topological polar surface area (TPSA) is 58.6 Å². The molecule has 1 N–H and O–H groups in total. The van der Waals surface area contributed by atoms with E-state index in [0.29, 0.717) is 12.3 Å². The maximum absolute atomic E-state index is 12.2. The molecular weight excluding hydrogens is 304 g/mol. The summed E-state index contributed by atoms with van der Waals surface area (Å²) in [4.78, 5) is 26.4. The van der Waals surface area contributed by atoms with Gasteiger partial charge in [-0.15, -0.1) is 0 Å². The number of rotatable bonds is 5. The second-order valence-corrected chi connectivity index (χ2v) is 6.82. The van der Waals surface area contributed by atoms with Gasteiger partial charge in [0.2, 0.25) is 11.8 Å². The fourth-order valence-corrected chi connectivity index (χ4v) is 3.40. The lowest BCUT2D eigenvalue weighted by atomic mass is 9.84. The Morgan fingerprint density at radius 2 is 1.96 bits per heavy atom. The van der Waals surface area contributed by atoms with E-state index in [4.69, 9.17) is 4.74 Å². The van der Waals surface area contributed by atoms with Crippen molar-refractivity contribution >= 4 is 11.8 Å². The zero-order valence-electron chi connectivity index (χ0n) is 14.3. The third-order valence-electron chi connectivity index (χ3n) is 5.12. The maximum Gasteiger partial charge on any atom is 0.225 e. The highest BCUT2D eigenvalue weighted by atomic mass is 16.5. The fraction of sp³-hybridized carbons (Fsp3) is 0.579. The lowest BCUT2D eigenvalue weighted by Gasteiger charge is -2.36. The van der Waals surface area contributed by atoms with E-state index in [1.165, 1.54) is 6.42 Å². The van der Waals surface area contributed by atoms with E-state index in [9.17, 15) is 9.59 Å². The van der Waals surface area contributed by atoms with Crippen molar-refractivity contribution in [1.29, 1.82) is 0 Å². The molecule has 24 heavy (non-hydrogen) atoms. The number of methoxy groups -OCH3 is 1. The minimum absolute atomic E-state index is 0.0343. The Morgan fingerprint density at radius 1 is 1.21 bits per heavy atom. The summed E-state index contributed by atoms with van der Waals surface area (Å²) in [5, 5.41) is 3.10. The third kappa shape index (κ3) is 4.08. The van der Waals surface area contributed by atoms with Crippen LogP contribution in [0.1, 0.15) is 37.7 Å². The average Bonchev–Trinajstić information content (AvgIpc) is 2.54. The van der Waals surface area contributed by atoms with Gasteiger partial charge in [-0.05, 0) is 43.4 Å². The van der Waals surface area contributed by atoms with Crippen LogP contribution in [-0.4, -0.2) is 43.0 Å². The van der Waals surface area contributed by atoms with Crippen molar-refractivity contribution in [3.63, 3.8) is 0 Å². The Balaban J connectivity index is 1.43. The molecular formula is C19H26N2O3. The van der Waals surface area contributed by atoms with Gasteiger partial charge < -0.3 is 15.0 Å². The molecule has 1 saturated carbocycles. The van der Waals surface area contributed by atoms with E-state index in [0.717, 1.165) is 50.1 Å². The van der Waals surface area contributed by atoms with Gasteiger partial charge in [-0.2, -0.15) is 0 Å². The lowest BCUT2D eigenvalue weighted by Crippen LogP contribution is -2.49. The van der Waals surface area contributed by atoms with Crippen molar-refractivity contribution in [2.45, 2.75) is 44.6 Å². The molecule has 1 aliphatic heterocycles. The number of amides is 2. The first-order valence-electron chi connectivity index (χ1n) is 8.87. The molecule has 5 nitrogen and oxygen atoms in total. The second kappa shape index (κ2) is 7.69. The number of ether oxygens (including phenoxy) is 1. The van der Waals surface area contributed by atoms with Crippen molar-refractivity contribution in [3.8, 4) is 5.75 Å². The molecule has 130 valence electrons. The SMILES string of the molecule is COc1cccc(CC(=O)NC2CCN(C(=O)C3CCC3)CC2)c1. The van der Waals surface area contributed by atoms with Gasteiger partial charge in [-0.3, -0.25) is 9.59 Å². The predicted octanol–water partition coefficient (Wildman–Crippen LogP) is 2.14. The molecule has 3 rings (SSSR count). The van der Waals surface area contributed by atoms with Gasteiger partial charge in [0.25, 0.3) is 0 Å². The molecule has 5 heteroatoms. The highest BCUT2D eigenvalue weighted by Gasteiger charge is 2.31. The van der Waals surface area contributed by atoms with Crippen molar-refractivity contribution < 1.29 is 14.3 Å². The Morgan fingerprint density at radius 3 is 2.58 bits per heavy atom. The smallest absolute Gasteiger partial charge is 0.225 e. The molecule has 1 aromatic rings. The van der Waals surface area contributed by atoms with Crippen LogP contribution in [-0.2, 0) is 16.0 Å². The van der Waals surface area contributed by atoms with Crippen LogP contribution in [0, 0.1) is 5.92 Å². The number of piperidine rings is 1. The molecule has 2 amide bonds. The minimum atomic E-state index is 0.0343. The van der Waals surface area contributed by atoms with Crippen molar-refractivity contribution in [2.75, 3.05) is 20.2 Å². The molecule has 1 aliphatic carbocycles. The third-order valence-corrected chi connectivity index (χ3v) is 5.12. The largest absolute Gasteiger partial charge is 0.497 e. The summed E-state index contributed by atoms with van der Waals surface area (Å²) in [7, 11) is 1.62. The molecule has 0 aromatic heterocycles. The number of nitrogens with one attached hydrogen (secondary N) is 1. The number of carbonyl (C=O) groups excluding carboxylic acids is 2. The Hall–Kier alpha value is -2.04. The van der Waals surface area contributed by atoms with E-state index in [1.54, 1.807) is 7.11 Å². The number of hydrogen-bond donors (Lipinski definition) is 1. The van der Waals surface area contributed by atoms with Crippen LogP contribution < -0.4 is 10.1 Å². The van der Waals surface area contributed by atoms with Crippen LogP contribution in [0.4, 0.5) is 0 Å². The van der Waals surface area contributed by atoms with Crippen LogP contribution >= 0.6 is 0 Å². The summed E-state index contributed by atoms with van der Waals surface area (Å²) in [6, 6.07) is 7.76. The highest BCUT2D eigenvalue weighted by molar-refractivity contribution is 5.80. The van der Waals surface area contributed by atoms with Gasteiger partial charge >= 0.3 is 0 Å². The number of carbonyl (C=O) groups is 2. The second-order valence-electron chi connectivity index (χ2n) is 6.82. The molecule has 0 bridgehead atoms. The summed E-state index contributed by atoms with van der Waals surface area (Å²) < 4.78 is 5.18. The van der Waals surface area contributed by atoms with Crippen LogP contribution in [0.15, 0.2) is 24.3 Å². The van der Waals surface area contributed by atoms with Crippen LogP contribution in [0.25, 0.3) is 0 Å². The number of hydrogen-bond acceptors (Lipinski definition) is 3. The van der Waals surface area contributed by atoms with Crippen molar-refractivity contribution in [1.82, 2.24) is 10.2 Å². The van der Waals surface area contributed by atoms with Gasteiger partial charge in [0.1, 0.15) is 5.75 Å². The number of benzene rings is 1. The molecule has 1 aromatic carbocycles. The monoisotopic (exact) mass is 330 g/mol. The van der Waals surface area contributed by atoms with Gasteiger partial charge in [0.15, 0.2) is 0 Å². The molecule has 0 atom stereocenters. The van der Waals surface area contributed by atoms with Gasteiger partial charge in [-0.1, -0.05) is 18.6 Å². The molecule has 1 heterocycles. The Bertz CT molecular complexity index is 590. The van der Waals surface area contributed by atoms with E-state index < -0.39 is 0 Å². The van der Waals surface area contributed by atoms with Crippen LogP contribution in [0.5, 0.6) is 5.75 Å². The first-order valence-corrected chi connectivity index (χ1v) is 8.87. The summed E-state index contributed by atoms with van der Waals surface area (Å²) >= 11 is 0. The Kier molecular flexibility index (Phi) is 5.38. The average molecular weight is 330 g/mol. The highest BCUT2D eigenvalue weighted by Crippen LogP contribution is 2.29. The predicted molar refractivity (Wildman–Crippen MR) is 91.8 cm³/mol. The molecule has 0 spiro atoms. The summed E-state index contributed by atoms with van der Waals surface area (Å²) in [6.45, 7) is 1.53. The van der Waals surface area contributed by atoms with E-state index in [2.05, 4.69) is 5.32 Å². The normalized spacial score (nSPS) is 18.8. The minimum Gasteiger partial charge on any atom is -0.497 e. The lowest BCUT2D eigenvalue weighted by molar-refractivity contribution is -0.139. The zero-order chi connectivity index (χ0) is 16.9. The van der Waals surface area contributed by atoms with Crippen LogP contribution in [0.2, 0.25) is 0 Å². The molecule has 2 aliphatic rings. The first-order chi connectivity index (χ1) is 11.7. The number of nitrogens with zero attached hydrogens (tertiary/aromatic N) is 1. The summed E-state index contributed by atoms with van der Waals surface area (Å²) in [5.41, 5.74) is 0.949. The maximum atomic E-state index is 12.2. The summed E-state index contributed by atoms with van der Waals surface area (Å²) in [6.07, 6.45) is 5.35. The molecule has 1 saturated heterocycles. The summed E-state index contributed by atoms with van der Waals surface area (Å²) in [5.74, 6) is 1.39. The first kappa shape index (κ1) is 16.8. The molecule has 0 radical (unpaired) electrons. The molecule has 2 fully saturated rings. The number of likely N-dealkylation sites (tertiary alicyclic amines) is 1. The van der Waals surface area contributed by atoms with Crippen molar-refractivity contribution in [3.05, 3.63) is 29.8 Å². The van der Waals surface area contributed by atoms with E-state index in [1.807, 2.05) is 29.2 Å². The molecule has 0 unspecified atom stereocenters. The van der Waals surface area contributed by atoms with E-state index in [-0.39, 0.29) is 17.9 Å². The van der Waals surface area contributed by atoms with E-state index >= 15 is 0 Å². The zero-order valence-corrected chi connectivity index (χ0v) is 14.3. The van der Waals surface area contributed by atoms with Gasteiger partial charge in [-0.25, -0.2) is 0 Å². The van der Waals surface area contributed by atoms with Gasteiger partial charge in [0.05, 0.1) is 13.5 Å². The fourth-order valence-electron chi connectivity index (χ4n) is 3.40. The Labute approximate surface area is 143 Å². The van der Waals surface area contributed by atoms with Crippen molar-refractivity contribution in [2.24, 2.45) is 5.92 Å². The quantitative estimate of drug-likeness (QED) is 0.900. The van der Waals surface area contributed by atoms with Gasteiger partial charge in [0, 0.05) is 25.0 Å². The standard InChI is InChI=1S/C19H26N2O3/c1-24-17-7-2-4-14(12-17)13-18(22)20-16-8-10-21(11-9-16)19(23)15-5-3-6-15/h2,4,7,12,15-16H,3,5-6,8-11,13H2,1H3,(H,20,22). The van der Waals surface area contributed by atoms with Crippen LogP contribution in [0.3, 0.4) is 0 Å².